The second-order valence-corrected chi connectivity index (χ2v) is 5.68. The van der Waals surface area contributed by atoms with Gasteiger partial charge >= 0.3 is 5.69 Å². The molecule has 0 aliphatic carbocycles. The molecule has 8 nitrogen and oxygen atoms in total. The van der Waals surface area contributed by atoms with Gasteiger partial charge in [0.05, 0.1) is 4.92 Å². The molecule has 0 spiro atoms. The topological polar surface area (TPSA) is 99.3 Å². The minimum Gasteiger partial charge on any atom is -0.464 e. The average molecular weight is 428 g/mol. The van der Waals surface area contributed by atoms with Gasteiger partial charge in [-0.2, -0.15) is 5.10 Å². The van der Waals surface area contributed by atoms with Gasteiger partial charge in [-0.05, 0) is 12.1 Å². The second-order valence-electron chi connectivity index (χ2n) is 5.68. The van der Waals surface area contributed by atoms with Crippen molar-refractivity contribution in [2.75, 3.05) is 5.32 Å². The summed E-state index contributed by atoms with van der Waals surface area (Å²) in [5.41, 5.74) is -2.27. The highest BCUT2D eigenvalue weighted by Crippen LogP contribution is 2.28. The molecule has 0 radical (unpaired) electrons. The number of nitrogens with one attached hydrogen (secondary N) is 1. The normalized spacial score (nSPS) is 10.7. The zero-order valence-corrected chi connectivity index (χ0v) is 14.5. The van der Waals surface area contributed by atoms with Crippen LogP contribution in [-0.2, 0) is 6.73 Å². The van der Waals surface area contributed by atoms with Crippen LogP contribution in [0.25, 0.3) is 0 Å². The van der Waals surface area contributed by atoms with Crippen LogP contribution in [0.5, 0.6) is 5.75 Å². The van der Waals surface area contributed by atoms with Gasteiger partial charge in [0, 0.05) is 24.4 Å². The Kier molecular flexibility index (Phi) is 5.62. The summed E-state index contributed by atoms with van der Waals surface area (Å²) in [5, 5.41) is 16.3. The molecule has 0 bridgehead atoms. The van der Waals surface area contributed by atoms with E-state index < -0.39 is 69.5 Å². The maximum atomic E-state index is 13.6. The molecule has 13 heteroatoms. The fraction of sp³-hybridized carbons (Fsp3) is 0.0588. The minimum absolute atomic E-state index is 0.0159. The highest BCUT2D eigenvalue weighted by molar-refractivity contribution is 6.02. The van der Waals surface area contributed by atoms with E-state index in [1.54, 1.807) is 5.32 Å². The molecule has 0 saturated carbocycles. The van der Waals surface area contributed by atoms with E-state index in [0.717, 1.165) is 28.9 Å². The Balaban J connectivity index is 1.74. The van der Waals surface area contributed by atoms with Crippen molar-refractivity contribution in [1.29, 1.82) is 0 Å². The first kappa shape index (κ1) is 20.7. The van der Waals surface area contributed by atoms with Crippen LogP contribution in [0.3, 0.4) is 0 Å². The Bertz CT molecular complexity index is 1130. The Morgan fingerprint density at radius 3 is 2.40 bits per heavy atom. The smallest absolute Gasteiger partial charge is 0.311 e. The molecular formula is C17H9F5N4O4. The van der Waals surface area contributed by atoms with Gasteiger partial charge in [0.25, 0.3) is 5.91 Å². The number of amides is 1. The molecule has 0 aliphatic rings. The van der Waals surface area contributed by atoms with Crippen LogP contribution < -0.4 is 10.1 Å². The number of nitro groups is 1. The zero-order valence-electron chi connectivity index (χ0n) is 14.5. The van der Waals surface area contributed by atoms with Crippen molar-refractivity contribution in [2.24, 2.45) is 0 Å². The molecule has 156 valence electrons. The molecule has 1 heterocycles. The Morgan fingerprint density at radius 1 is 1.10 bits per heavy atom. The van der Waals surface area contributed by atoms with Crippen molar-refractivity contribution < 1.29 is 36.4 Å². The number of benzene rings is 2. The number of carbonyl (C=O) groups is 1. The second kappa shape index (κ2) is 8.14. The first-order valence-corrected chi connectivity index (χ1v) is 7.92. The van der Waals surface area contributed by atoms with E-state index >= 15 is 0 Å². The van der Waals surface area contributed by atoms with Crippen molar-refractivity contribution >= 4 is 17.3 Å². The van der Waals surface area contributed by atoms with Gasteiger partial charge in [-0.25, -0.2) is 26.6 Å². The highest BCUT2D eigenvalue weighted by Gasteiger charge is 2.22. The quantitative estimate of drug-likeness (QED) is 0.279. The molecule has 1 amide bonds. The Labute approximate surface area is 163 Å². The van der Waals surface area contributed by atoms with Crippen LogP contribution in [0.1, 0.15) is 10.5 Å². The summed E-state index contributed by atoms with van der Waals surface area (Å²) in [7, 11) is 0. The van der Waals surface area contributed by atoms with E-state index in [2.05, 4.69) is 5.10 Å². The van der Waals surface area contributed by atoms with Gasteiger partial charge in [0.2, 0.25) is 5.75 Å². The molecule has 3 aromatic rings. The average Bonchev–Trinajstić information content (AvgIpc) is 3.17. The standard InChI is InChI=1S/C17H9F5N4O4/c18-8-1-2-12(26(28)29)13(5-8)30-7-25-4-3-11(24-25)17(27)23-16-14(21)9(19)6-10(20)15(16)22/h1-6H,7H2,(H,23,27). The van der Waals surface area contributed by atoms with Crippen molar-refractivity contribution in [2.45, 2.75) is 6.73 Å². The lowest BCUT2D eigenvalue weighted by Gasteiger charge is -2.08. The van der Waals surface area contributed by atoms with E-state index in [0.29, 0.717) is 0 Å². The van der Waals surface area contributed by atoms with Crippen LogP contribution in [0, 0.1) is 39.2 Å². The number of rotatable bonds is 6. The molecule has 1 N–H and O–H groups in total. The van der Waals surface area contributed by atoms with Crippen molar-refractivity contribution in [3.05, 3.63) is 81.4 Å². The predicted molar refractivity (Wildman–Crippen MR) is 90.1 cm³/mol. The lowest BCUT2D eigenvalue weighted by Crippen LogP contribution is -2.17. The van der Waals surface area contributed by atoms with Gasteiger partial charge in [-0.3, -0.25) is 14.9 Å². The summed E-state index contributed by atoms with van der Waals surface area (Å²) in [5.74, 6) is -9.41. The molecule has 0 aliphatic heterocycles. The maximum absolute atomic E-state index is 13.6. The third kappa shape index (κ3) is 4.19. The highest BCUT2D eigenvalue weighted by atomic mass is 19.2. The van der Waals surface area contributed by atoms with E-state index in [1.165, 1.54) is 6.20 Å². The molecule has 0 saturated heterocycles. The number of hydrogen-bond donors (Lipinski definition) is 1. The first-order valence-electron chi connectivity index (χ1n) is 7.92. The molecule has 30 heavy (non-hydrogen) atoms. The zero-order chi connectivity index (χ0) is 22.0. The molecular weight excluding hydrogens is 419 g/mol. The van der Waals surface area contributed by atoms with Gasteiger partial charge in [-0.1, -0.05) is 0 Å². The maximum Gasteiger partial charge on any atom is 0.311 e. The van der Waals surface area contributed by atoms with Gasteiger partial charge in [0.1, 0.15) is 11.5 Å². The number of carbonyl (C=O) groups excluding carboxylic acids is 1. The Hall–Kier alpha value is -4.03. The molecule has 0 unspecified atom stereocenters. The van der Waals surface area contributed by atoms with E-state index in [-0.39, 0.29) is 6.07 Å². The van der Waals surface area contributed by atoms with Crippen molar-refractivity contribution in [1.82, 2.24) is 9.78 Å². The van der Waals surface area contributed by atoms with E-state index in [1.807, 2.05) is 0 Å². The number of nitro benzene ring substituents is 1. The summed E-state index contributed by atoms with van der Waals surface area (Å²) >= 11 is 0. The first-order chi connectivity index (χ1) is 14.2. The monoisotopic (exact) mass is 428 g/mol. The van der Waals surface area contributed by atoms with E-state index in [4.69, 9.17) is 4.74 Å². The summed E-state index contributed by atoms with van der Waals surface area (Å²) in [6, 6.07) is 3.60. The number of halogens is 5. The van der Waals surface area contributed by atoms with Crippen LogP contribution in [0.2, 0.25) is 0 Å². The van der Waals surface area contributed by atoms with Gasteiger partial charge in [-0.15, -0.1) is 0 Å². The number of hydrogen-bond acceptors (Lipinski definition) is 5. The number of ether oxygens (including phenoxy) is 1. The third-order valence-corrected chi connectivity index (χ3v) is 3.69. The van der Waals surface area contributed by atoms with Crippen molar-refractivity contribution in [3.8, 4) is 5.75 Å². The SMILES string of the molecule is O=C(Nc1c(F)c(F)cc(F)c1F)c1ccn(COc2cc(F)ccc2[N+](=O)[O-])n1. The molecule has 0 fully saturated rings. The minimum atomic E-state index is -1.80. The fourth-order valence-electron chi connectivity index (χ4n) is 2.31. The number of nitrogens with zero attached hydrogens (tertiary/aromatic N) is 3. The Morgan fingerprint density at radius 2 is 1.77 bits per heavy atom. The number of aromatic nitrogens is 2. The molecule has 1 aromatic heterocycles. The summed E-state index contributed by atoms with van der Waals surface area (Å²) < 4.78 is 73.1. The largest absolute Gasteiger partial charge is 0.464 e. The summed E-state index contributed by atoms with van der Waals surface area (Å²) in [6.45, 7) is -0.491. The third-order valence-electron chi connectivity index (χ3n) is 3.69. The van der Waals surface area contributed by atoms with Gasteiger partial charge < -0.3 is 10.1 Å². The molecule has 2 aromatic carbocycles. The fourth-order valence-corrected chi connectivity index (χ4v) is 2.31. The van der Waals surface area contributed by atoms with Gasteiger partial charge in [0.15, 0.2) is 35.7 Å². The lowest BCUT2D eigenvalue weighted by atomic mass is 10.2. The number of anilines is 1. The van der Waals surface area contributed by atoms with Crippen LogP contribution in [0.4, 0.5) is 33.3 Å². The predicted octanol–water partition coefficient (Wildman–Crippen LogP) is 3.78. The van der Waals surface area contributed by atoms with Crippen molar-refractivity contribution in [3.63, 3.8) is 0 Å². The lowest BCUT2D eigenvalue weighted by molar-refractivity contribution is -0.386. The molecule has 0 atom stereocenters. The van der Waals surface area contributed by atoms with Crippen LogP contribution in [0.15, 0.2) is 36.5 Å². The van der Waals surface area contributed by atoms with Crippen LogP contribution >= 0.6 is 0 Å². The molecule has 3 rings (SSSR count). The summed E-state index contributed by atoms with van der Waals surface area (Å²) in [6.07, 6.45) is 1.17. The van der Waals surface area contributed by atoms with Crippen LogP contribution in [-0.4, -0.2) is 20.6 Å². The summed E-state index contributed by atoms with van der Waals surface area (Å²) in [4.78, 5) is 22.2. The van der Waals surface area contributed by atoms with E-state index in [9.17, 15) is 36.9 Å².